The third-order valence-electron chi connectivity index (χ3n) is 3.33. The fourth-order valence-corrected chi connectivity index (χ4v) is 2.23. The van der Waals surface area contributed by atoms with Gasteiger partial charge in [0.15, 0.2) is 0 Å². The lowest BCUT2D eigenvalue weighted by atomic mass is 10.2. The largest absolute Gasteiger partial charge is 0.494 e. The fraction of sp³-hybridized carbons (Fsp3) is 0.250. The molecule has 0 spiro atoms. The summed E-state index contributed by atoms with van der Waals surface area (Å²) < 4.78 is 10.9. The van der Waals surface area contributed by atoms with Crippen LogP contribution in [0.2, 0.25) is 0 Å². The van der Waals surface area contributed by atoms with Gasteiger partial charge in [-0.1, -0.05) is 24.1 Å². The van der Waals surface area contributed by atoms with Crippen LogP contribution < -0.4 is 20.1 Å². The first kappa shape index (κ1) is 18.4. The number of benzene rings is 2. The molecule has 1 amide bonds. The topological polar surface area (TPSA) is 59.6 Å². The zero-order chi connectivity index (χ0) is 17.9. The van der Waals surface area contributed by atoms with E-state index in [2.05, 4.69) is 16.6 Å². The van der Waals surface area contributed by atoms with Gasteiger partial charge in [0.05, 0.1) is 13.2 Å². The molecule has 0 aliphatic carbocycles. The van der Waals surface area contributed by atoms with E-state index in [4.69, 9.17) is 15.9 Å². The Bertz CT molecular complexity index is 720. The highest BCUT2D eigenvalue weighted by atomic mass is 16.5. The van der Waals surface area contributed by atoms with Crippen LogP contribution in [0.3, 0.4) is 0 Å². The van der Waals surface area contributed by atoms with Crippen molar-refractivity contribution in [2.24, 2.45) is 0 Å². The predicted molar refractivity (Wildman–Crippen MR) is 98.7 cm³/mol. The number of carbonyl (C=O) groups excluding carboxylic acids is 1. The Morgan fingerprint density at radius 1 is 1.12 bits per heavy atom. The molecule has 0 aliphatic heterocycles. The highest BCUT2D eigenvalue weighted by Crippen LogP contribution is 2.17. The van der Waals surface area contributed by atoms with Crippen molar-refractivity contribution in [2.75, 3.05) is 25.1 Å². The highest BCUT2D eigenvalue weighted by molar-refractivity contribution is 5.92. The molecule has 0 heterocycles. The maximum Gasteiger partial charge on any atom is 0.238 e. The number of amides is 1. The minimum absolute atomic E-state index is 0.119. The second kappa shape index (κ2) is 10.0. The molecule has 2 aromatic carbocycles. The van der Waals surface area contributed by atoms with E-state index >= 15 is 0 Å². The molecule has 0 aliphatic rings. The lowest BCUT2D eigenvalue weighted by Gasteiger charge is -2.11. The maximum absolute atomic E-state index is 12.0. The molecule has 2 N–H and O–H groups in total. The van der Waals surface area contributed by atoms with Gasteiger partial charge >= 0.3 is 0 Å². The number of para-hydroxylation sites is 1. The number of hydrogen-bond donors (Lipinski definition) is 2. The van der Waals surface area contributed by atoms with Gasteiger partial charge in [0, 0.05) is 17.8 Å². The van der Waals surface area contributed by atoms with Crippen molar-refractivity contribution < 1.29 is 14.3 Å². The minimum Gasteiger partial charge on any atom is -0.494 e. The van der Waals surface area contributed by atoms with E-state index in [-0.39, 0.29) is 19.1 Å². The van der Waals surface area contributed by atoms with Gasteiger partial charge in [-0.15, -0.1) is 6.42 Å². The number of rotatable bonds is 9. The van der Waals surface area contributed by atoms with E-state index in [1.54, 1.807) is 0 Å². The number of terminal acetylenes is 1. The predicted octanol–water partition coefficient (Wildman–Crippen LogP) is 2.83. The summed E-state index contributed by atoms with van der Waals surface area (Å²) in [6.07, 6.45) is 5.21. The van der Waals surface area contributed by atoms with Gasteiger partial charge in [-0.05, 0) is 37.3 Å². The first-order valence-electron chi connectivity index (χ1n) is 8.10. The van der Waals surface area contributed by atoms with E-state index in [0.29, 0.717) is 13.2 Å². The van der Waals surface area contributed by atoms with Crippen LogP contribution in [0, 0.1) is 12.3 Å². The summed E-state index contributed by atoms with van der Waals surface area (Å²) in [7, 11) is 0. The van der Waals surface area contributed by atoms with Gasteiger partial charge < -0.3 is 20.1 Å². The number of ether oxygens (including phenoxy) is 2. The SMILES string of the molecule is C#CCOc1ccccc1CNCC(=O)Nc1ccc(OCC)cc1. The standard InChI is InChI=1S/C20H22N2O3/c1-3-13-25-19-8-6-5-7-16(19)14-21-15-20(23)22-17-9-11-18(12-10-17)24-4-2/h1,5-12,21H,4,13-15H2,2H3,(H,22,23). The summed E-state index contributed by atoms with van der Waals surface area (Å²) >= 11 is 0. The summed E-state index contributed by atoms with van der Waals surface area (Å²) in [6.45, 7) is 3.46. The Balaban J connectivity index is 1.80. The molecule has 2 rings (SSSR count). The third kappa shape index (κ3) is 6.21. The summed E-state index contributed by atoms with van der Waals surface area (Å²) in [4.78, 5) is 12.0. The molecule has 0 aromatic heterocycles. The molecule has 0 saturated heterocycles. The van der Waals surface area contributed by atoms with Crippen molar-refractivity contribution in [1.29, 1.82) is 0 Å². The number of anilines is 1. The van der Waals surface area contributed by atoms with Crippen molar-refractivity contribution in [1.82, 2.24) is 5.32 Å². The highest BCUT2D eigenvalue weighted by Gasteiger charge is 2.05. The molecule has 0 atom stereocenters. The molecule has 2 aromatic rings. The number of nitrogens with one attached hydrogen (secondary N) is 2. The molecule has 130 valence electrons. The quantitative estimate of drug-likeness (QED) is 0.690. The van der Waals surface area contributed by atoms with Crippen molar-refractivity contribution in [3.63, 3.8) is 0 Å². The third-order valence-corrected chi connectivity index (χ3v) is 3.33. The van der Waals surface area contributed by atoms with Crippen LogP contribution in [0.1, 0.15) is 12.5 Å². The summed E-state index contributed by atoms with van der Waals surface area (Å²) in [5.41, 5.74) is 1.68. The molecule has 0 radical (unpaired) electrons. The zero-order valence-corrected chi connectivity index (χ0v) is 14.2. The summed E-state index contributed by atoms with van der Waals surface area (Å²) in [5.74, 6) is 3.82. The molecule has 5 nitrogen and oxygen atoms in total. The minimum atomic E-state index is -0.119. The van der Waals surface area contributed by atoms with E-state index in [1.807, 2.05) is 55.5 Å². The average molecular weight is 338 g/mol. The van der Waals surface area contributed by atoms with Crippen LogP contribution in [0.25, 0.3) is 0 Å². The summed E-state index contributed by atoms with van der Waals surface area (Å²) in [5, 5.41) is 5.93. The lowest BCUT2D eigenvalue weighted by molar-refractivity contribution is -0.115. The van der Waals surface area contributed by atoms with E-state index in [9.17, 15) is 4.79 Å². The summed E-state index contributed by atoms with van der Waals surface area (Å²) in [6, 6.07) is 14.9. The average Bonchev–Trinajstić information content (AvgIpc) is 2.63. The van der Waals surface area contributed by atoms with Crippen molar-refractivity contribution in [2.45, 2.75) is 13.5 Å². The molecule has 0 bridgehead atoms. The number of carbonyl (C=O) groups is 1. The molecule has 5 heteroatoms. The number of hydrogen-bond acceptors (Lipinski definition) is 4. The molecular formula is C20H22N2O3. The molecular weight excluding hydrogens is 316 g/mol. The second-order valence-corrected chi connectivity index (χ2v) is 5.21. The van der Waals surface area contributed by atoms with E-state index < -0.39 is 0 Å². The monoisotopic (exact) mass is 338 g/mol. The van der Waals surface area contributed by atoms with Crippen LogP contribution in [0.5, 0.6) is 11.5 Å². The van der Waals surface area contributed by atoms with Gasteiger partial charge in [-0.25, -0.2) is 0 Å². The van der Waals surface area contributed by atoms with Gasteiger partial charge in [0.1, 0.15) is 18.1 Å². The van der Waals surface area contributed by atoms with Gasteiger partial charge in [0.2, 0.25) is 5.91 Å². The van der Waals surface area contributed by atoms with Crippen molar-refractivity contribution in [3.8, 4) is 23.8 Å². The molecule has 0 fully saturated rings. The van der Waals surface area contributed by atoms with Gasteiger partial charge in [0.25, 0.3) is 0 Å². The van der Waals surface area contributed by atoms with Gasteiger partial charge in [-0.2, -0.15) is 0 Å². The Kier molecular flexibility index (Phi) is 7.36. The first-order valence-corrected chi connectivity index (χ1v) is 8.10. The Morgan fingerprint density at radius 2 is 1.88 bits per heavy atom. The zero-order valence-electron chi connectivity index (χ0n) is 14.2. The molecule has 0 unspecified atom stereocenters. The maximum atomic E-state index is 12.0. The Morgan fingerprint density at radius 3 is 2.60 bits per heavy atom. The van der Waals surface area contributed by atoms with E-state index in [1.165, 1.54) is 0 Å². The second-order valence-electron chi connectivity index (χ2n) is 5.21. The fourth-order valence-electron chi connectivity index (χ4n) is 2.23. The van der Waals surface area contributed by atoms with Crippen LogP contribution in [0.4, 0.5) is 5.69 Å². The Hall–Kier alpha value is -2.97. The van der Waals surface area contributed by atoms with Crippen LogP contribution in [-0.4, -0.2) is 25.7 Å². The van der Waals surface area contributed by atoms with Crippen molar-refractivity contribution >= 4 is 11.6 Å². The van der Waals surface area contributed by atoms with E-state index in [0.717, 1.165) is 22.7 Å². The molecule has 25 heavy (non-hydrogen) atoms. The van der Waals surface area contributed by atoms with Crippen LogP contribution >= 0.6 is 0 Å². The lowest BCUT2D eigenvalue weighted by Crippen LogP contribution is -2.27. The Labute approximate surface area is 148 Å². The first-order chi connectivity index (χ1) is 12.2. The normalized spacial score (nSPS) is 9.92. The van der Waals surface area contributed by atoms with Gasteiger partial charge in [-0.3, -0.25) is 4.79 Å². The smallest absolute Gasteiger partial charge is 0.238 e. The van der Waals surface area contributed by atoms with Crippen LogP contribution in [0.15, 0.2) is 48.5 Å². The van der Waals surface area contributed by atoms with Crippen LogP contribution in [-0.2, 0) is 11.3 Å². The van der Waals surface area contributed by atoms with Crippen molar-refractivity contribution in [3.05, 3.63) is 54.1 Å². The molecule has 0 saturated carbocycles.